The normalized spacial score (nSPS) is 12.4. The van der Waals surface area contributed by atoms with Crippen LogP contribution in [0.3, 0.4) is 0 Å². The summed E-state index contributed by atoms with van der Waals surface area (Å²) < 4.78 is 10.4. The Morgan fingerprint density at radius 3 is 2.28 bits per heavy atom. The molecule has 0 aromatic heterocycles. The highest BCUT2D eigenvalue weighted by atomic mass is 16.6. The third kappa shape index (κ3) is 10.3. The molecule has 0 bridgehead atoms. The first-order chi connectivity index (χ1) is 11.7. The van der Waals surface area contributed by atoms with Crippen molar-refractivity contribution in [3.05, 3.63) is 35.9 Å². The average molecular weight is 350 g/mol. The minimum atomic E-state index is -0.556. The van der Waals surface area contributed by atoms with Gasteiger partial charge in [0, 0.05) is 12.6 Å². The lowest BCUT2D eigenvalue weighted by Crippen LogP contribution is -2.45. The quantitative estimate of drug-likeness (QED) is 0.783. The highest BCUT2D eigenvalue weighted by Gasteiger charge is 2.19. The summed E-state index contributed by atoms with van der Waals surface area (Å²) in [6, 6.07) is 9.25. The largest absolute Gasteiger partial charge is 0.445 e. The lowest BCUT2D eigenvalue weighted by Gasteiger charge is -2.23. The lowest BCUT2D eigenvalue weighted by atomic mass is 10.0. The predicted octanol–water partition coefficient (Wildman–Crippen LogP) is 3.85. The van der Waals surface area contributed by atoms with Crippen molar-refractivity contribution in [2.45, 2.75) is 59.3 Å². The molecule has 6 heteroatoms. The smallest absolute Gasteiger partial charge is 0.407 e. The van der Waals surface area contributed by atoms with E-state index in [0.29, 0.717) is 5.92 Å². The minimum absolute atomic E-state index is 0.209. The number of rotatable bonds is 7. The second kappa shape index (κ2) is 9.91. The van der Waals surface area contributed by atoms with Crippen molar-refractivity contribution in [3.8, 4) is 0 Å². The molecule has 1 aromatic rings. The van der Waals surface area contributed by atoms with Gasteiger partial charge in [-0.25, -0.2) is 9.59 Å². The Bertz CT molecular complexity index is 538. The molecule has 0 saturated carbocycles. The van der Waals surface area contributed by atoms with E-state index < -0.39 is 17.8 Å². The molecular weight excluding hydrogens is 320 g/mol. The van der Waals surface area contributed by atoms with Crippen LogP contribution >= 0.6 is 0 Å². The molecule has 2 N–H and O–H groups in total. The van der Waals surface area contributed by atoms with E-state index >= 15 is 0 Å². The lowest BCUT2D eigenvalue weighted by molar-refractivity contribution is 0.0518. The third-order valence-corrected chi connectivity index (χ3v) is 3.18. The van der Waals surface area contributed by atoms with Gasteiger partial charge in [-0.3, -0.25) is 0 Å². The fourth-order valence-corrected chi connectivity index (χ4v) is 2.21. The van der Waals surface area contributed by atoms with E-state index in [2.05, 4.69) is 24.5 Å². The summed E-state index contributed by atoms with van der Waals surface area (Å²) in [6.07, 6.45) is -0.280. The van der Waals surface area contributed by atoms with E-state index in [-0.39, 0.29) is 19.2 Å². The van der Waals surface area contributed by atoms with Crippen molar-refractivity contribution >= 4 is 12.2 Å². The molecule has 0 spiro atoms. The third-order valence-electron chi connectivity index (χ3n) is 3.18. The second-order valence-electron chi connectivity index (χ2n) is 7.42. The van der Waals surface area contributed by atoms with Gasteiger partial charge in [-0.05, 0) is 38.7 Å². The van der Waals surface area contributed by atoms with Gasteiger partial charge in [0.1, 0.15) is 12.2 Å². The highest BCUT2D eigenvalue weighted by Crippen LogP contribution is 2.08. The summed E-state index contributed by atoms with van der Waals surface area (Å²) in [5.74, 6) is 0.361. The van der Waals surface area contributed by atoms with Crippen LogP contribution in [-0.2, 0) is 16.1 Å². The fourth-order valence-electron chi connectivity index (χ4n) is 2.21. The van der Waals surface area contributed by atoms with Crippen molar-refractivity contribution in [2.24, 2.45) is 5.92 Å². The standard InChI is InChI=1S/C19H30N2O4/c1-14(2)11-16(12-20-17(22)25-19(3,4)5)21-18(23)24-13-15-9-7-6-8-10-15/h6-10,14,16H,11-13H2,1-5H3,(H,20,22)(H,21,23)/t16-/m0/s1. The molecular formula is C19H30N2O4. The number of ether oxygens (including phenoxy) is 2. The first-order valence-corrected chi connectivity index (χ1v) is 8.60. The van der Waals surface area contributed by atoms with Gasteiger partial charge in [0.15, 0.2) is 0 Å². The van der Waals surface area contributed by atoms with Gasteiger partial charge in [0.2, 0.25) is 0 Å². The molecule has 140 valence electrons. The zero-order valence-electron chi connectivity index (χ0n) is 15.8. The van der Waals surface area contributed by atoms with E-state index in [0.717, 1.165) is 12.0 Å². The number of benzene rings is 1. The van der Waals surface area contributed by atoms with Crippen LogP contribution in [-0.4, -0.2) is 30.4 Å². The SMILES string of the molecule is CC(C)C[C@@H](CNC(=O)OC(C)(C)C)NC(=O)OCc1ccccc1. The monoisotopic (exact) mass is 350 g/mol. The van der Waals surface area contributed by atoms with Crippen molar-refractivity contribution < 1.29 is 19.1 Å². The van der Waals surface area contributed by atoms with Gasteiger partial charge in [0.05, 0.1) is 0 Å². The van der Waals surface area contributed by atoms with Crippen molar-refractivity contribution in [1.29, 1.82) is 0 Å². The Kier molecular flexibility index (Phi) is 8.25. The van der Waals surface area contributed by atoms with Gasteiger partial charge < -0.3 is 20.1 Å². The maximum Gasteiger partial charge on any atom is 0.407 e. The van der Waals surface area contributed by atoms with Crippen LogP contribution in [0.2, 0.25) is 0 Å². The first kappa shape index (κ1) is 20.8. The zero-order valence-corrected chi connectivity index (χ0v) is 15.8. The molecule has 0 heterocycles. The van der Waals surface area contributed by atoms with Crippen LogP contribution in [0.1, 0.15) is 46.6 Å². The van der Waals surface area contributed by atoms with Crippen molar-refractivity contribution in [1.82, 2.24) is 10.6 Å². The molecule has 6 nitrogen and oxygen atoms in total. The number of hydrogen-bond acceptors (Lipinski definition) is 4. The Morgan fingerprint density at radius 1 is 1.08 bits per heavy atom. The molecule has 0 radical (unpaired) electrons. The van der Waals surface area contributed by atoms with E-state index in [9.17, 15) is 9.59 Å². The predicted molar refractivity (Wildman–Crippen MR) is 97.2 cm³/mol. The molecule has 2 amide bonds. The summed E-state index contributed by atoms with van der Waals surface area (Å²) >= 11 is 0. The Labute approximate surface area is 150 Å². The summed E-state index contributed by atoms with van der Waals surface area (Å²) in [5, 5.41) is 5.50. The topological polar surface area (TPSA) is 76.7 Å². The van der Waals surface area contributed by atoms with Gasteiger partial charge in [-0.2, -0.15) is 0 Å². The fraction of sp³-hybridized carbons (Fsp3) is 0.579. The van der Waals surface area contributed by atoms with Gasteiger partial charge in [-0.1, -0.05) is 44.2 Å². The number of nitrogens with one attached hydrogen (secondary N) is 2. The van der Waals surface area contributed by atoms with Gasteiger partial charge in [-0.15, -0.1) is 0 Å². The molecule has 0 aliphatic rings. The van der Waals surface area contributed by atoms with Crippen LogP contribution in [0.15, 0.2) is 30.3 Å². The molecule has 0 saturated heterocycles. The number of alkyl carbamates (subject to hydrolysis) is 2. The van der Waals surface area contributed by atoms with E-state index in [1.165, 1.54) is 0 Å². The molecule has 25 heavy (non-hydrogen) atoms. The molecule has 0 aliphatic heterocycles. The summed E-state index contributed by atoms with van der Waals surface area (Å²) in [5.41, 5.74) is 0.365. The number of carbonyl (C=O) groups excluding carboxylic acids is 2. The van der Waals surface area contributed by atoms with Gasteiger partial charge in [0.25, 0.3) is 0 Å². The Hall–Kier alpha value is -2.24. The summed E-state index contributed by atoms with van der Waals surface area (Å²) in [4.78, 5) is 23.8. The molecule has 1 rings (SSSR count). The molecule has 1 atom stereocenters. The maximum atomic E-state index is 12.0. The number of amides is 2. The second-order valence-corrected chi connectivity index (χ2v) is 7.42. The van der Waals surface area contributed by atoms with E-state index in [1.54, 1.807) is 20.8 Å². The first-order valence-electron chi connectivity index (χ1n) is 8.60. The minimum Gasteiger partial charge on any atom is -0.445 e. The van der Waals surface area contributed by atoms with Gasteiger partial charge >= 0.3 is 12.2 Å². The van der Waals surface area contributed by atoms with E-state index in [1.807, 2.05) is 30.3 Å². The average Bonchev–Trinajstić information content (AvgIpc) is 2.49. The van der Waals surface area contributed by atoms with Crippen LogP contribution < -0.4 is 10.6 Å². The Morgan fingerprint density at radius 2 is 1.72 bits per heavy atom. The molecule has 0 fully saturated rings. The summed E-state index contributed by atoms with van der Waals surface area (Å²) in [7, 11) is 0. The Balaban J connectivity index is 2.45. The zero-order chi connectivity index (χ0) is 18.9. The summed E-state index contributed by atoms with van der Waals surface area (Å²) in [6.45, 7) is 10.0. The molecule has 0 aliphatic carbocycles. The van der Waals surface area contributed by atoms with Crippen LogP contribution in [0.4, 0.5) is 9.59 Å². The van der Waals surface area contributed by atoms with Crippen molar-refractivity contribution in [3.63, 3.8) is 0 Å². The van der Waals surface area contributed by atoms with E-state index in [4.69, 9.17) is 9.47 Å². The number of hydrogen-bond donors (Lipinski definition) is 2. The highest BCUT2D eigenvalue weighted by molar-refractivity contribution is 5.69. The number of carbonyl (C=O) groups is 2. The van der Waals surface area contributed by atoms with Crippen LogP contribution in [0.25, 0.3) is 0 Å². The molecule has 0 unspecified atom stereocenters. The molecule has 1 aromatic carbocycles. The maximum absolute atomic E-state index is 12.0. The van der Waals surface area contributed by atoms with Crippen LogP contribution in [0, 0.1) is 5.92 Å². The van der Waals surface area contributed by atoms with Crippen LogP contribution in [0.5, 0.6) is 0 Å². The van der Waals surface area contributed by atoms with Crippen molar-refractivity contribution in [2.75, 3.05) is 6.54 Å².